The third kappa shape index (κ3) is 12.8. The van der Waals surface area contributed by atoms with Gasteiger partial charge in [0.15, 0.2) is 11.3 Å². The summed E-state index contributed by atoms with van der Waals surface area (Å²) in [7, 11) is -12.2. The zero-order chi connectivity index (χ0) is 43.6. The Hall–Kier alpha value is -4.44. The monoisotopic (exact) mass is 880 g/mol. The maximum Gasteiger partial charge on any atom is 0.303 e. The van der Waals surface area contributed by atoms with Crippen LogP contribution < -0.4 is 20.1 Å². The second-order valence-electron chi connectivity index (χ2n) is 14.3. The summed E-state index contributed by atoms with van der Waals surface area (Å²) in [5, 5.41) is 12.4. The van der Waals surface area contributed by atoms with E-state index >= 15 is 0 Å². The Morgan fingerprint density at radius 3 is 2.39 bits per heavy atom. The first-order valence-electron chi connectivity index (χ1n) is 19.0. The quantitative estimate of drug-likeness (QED) is 0.0742. The molecular weight excluding hydrogens is 831 g/mol. The summed E-state index contributed by atoms with van der Waals surface area (Å²) in [6.07, 6.45) is 8.25. The third-order valence-corrected chi connectivity index (χ3v) is 12.5. The summed E-state index contributed by atoms with van der Waals surface area (Å²) in [5.41, 5.74) is 1.88. The molecule has 1 aliphatic carbocycles. The van der Waals surface area contributed by atoms with Gasteiger partial charge in [-0.25, -0.2) is 21.4 Å². The Labute approximate surface area is 344 Å². The van der Waals surface area contributed by atoms with Crippen LogP contribution in [0.5, 0.6) is 0 Å². The van der Waals surface area contributed by atoms with E-state index < -0.39 is 64.0 Å². The molecule has 324 valence electrons. The first-order chi connectivity index (χ1) is 27.7. The van der Waals surface area contributed by atoms with Crippen LogP contribution in [0.15, 0.2) is 69.8 Å². The number of aliphatic carboxylic acids is 1. The van der Waals surface area contributed by atoms with Gasteiger partial charge in [0.05, 0.1) is 33.6 Å². The summed E-state index contributed by atoms with van der Waals surface area (Å²) in [4.78, 5) is 26.3. The Morgan fingerprint density at radius 1 is 1.00 bits per heavy atom. The van der Waals surface area contributed by atoms with Crippen LogP contribution in [0.25, 0.3) is 17.4 Å². The Bertz CT molecular complexity index is 2440. The molecule has 3 N–H and O–H groups in total. The molecule has 0 saturated heterocycles. The Morgan fingerprint density at radius 2 is 1.75 bits per heavy atom. The van der Waals surface area contributed by atoms with Crippen molar-refractivity contribution in [3.05, 3.63) is 82.6 Å². The molecule has 20 heteroatoms. The molecule has 17 nitrogen and oxygen atoms in total. The number of carbonyl (C=O) groups is 2. The van der Waals surface area contributed by atoms with E-state index in [1.165, 1.54) is 31.6 Å². The zero-order valence-corrected chi connectivity index (χ0v) is 35.5. The van der Waals surface area contributed by atoms with E-state index in [-0.39, 0.29) is 56.7 Å². The van der Waals surface area contributed by atoms with Crippen LogP contribution in [-0.2, 0) is 45.3 Å². The molecule has 3 aliphatic rings. The van der Waals surface area contributed by atoms with Gasteiger partial charge in [0.1, 0.15) is 23.2 Å². The van der Waals surface area contributed by atoms with Gasteiger partial charge in [0, 0.05) is 67.2 Å². The van der Waals surface area contributed by atoms with Crippen LogP contribution in [0.3, 0.4) is 0 Å². The van der Waals surface area contributed by atoms with Crippen molar-refractivity contribution >= 4 is 54.0 Å². The maximum atomic E-state index is 13.8. The average molecular weight is 881 g/mol. The molecule has 2 aliphatic heterocycles. The molecule has 0 radical (unpaired) electrons. The zero-order valence-electron chi connectivity index (χ0n) is 33.1. The van der Waals surface area contributed by atoms with Crippen molar-refractivity contribution in [2.75, 3.05) is 56.3 Å². The summed E-state index contributed by atoms with van der Waals surface area (Å²) in [6, 6.07) is 9.14. The molecule has 1 atom stereocenters. The fraction of sp³-hybridized carbons (Fsp3) is 0.462. The molecule has 4 rings (SSSR count). The van der Waals surface area contributed by atoms with Crippen LogP contribution in [0.1, 0.15) is 80.3 Å². The molecule has 1 amide bonds. The van der Waals surface area contributed by atoms with Gasteiger partial charge in [-0.3, -0.25) is 14.1 Å². The fourth-order valence-corrected chi connectivity index (χ4v) is 8.81. The number of nitrogens with zero attached hydrogens (tertiary/aromatic N) is 2. The van der Waals surface area contributed by atoms with Crippen LogP contribution in [0, 0.1) is 0 Å². The number of hydrogen-bond acceptors (Lipinski definition) is 13. The number of amides is 1. The molecule has 1 unspecified atom stereocenters. The van der Waals surface area contributed by atoms with Crippen LogP contribution in [-0.4, -0.2) is 107 Å². The van der Waals surface area contributed by atoms with Crippen molar-refractivity contribution in [2.45, 2.75) is 69.1 Å². The van der Waals surface area contributed by atoms with Gasteiger partial charge in [0.2, 0.25) is 5.36 Å². The number of methoxy groups -OCH3 is 1. The maximum absolute atomic E-state index is 13.8. The number of unbranched alkanes of at least 4 members (excludes halogenated alkanes) is 2. The second kappa shape index (κ2) is 20.2. The summed E-state index contributed by atoms with van der Waals surface area (Å²) in [5.74, 6) is -2.31. The molecule has 0 saturated carbocycles. The van der Waals surface area contributed by atoms with Gasteiger partial charge < -0.3 is 33.6 Å². The van der Waals surface area contributed by atoms with Crippen LogP contribution >= 0.6 is 0 Å². The summed E-state index contributed by atoms with van der Waals surface area (Å²) >= 11 is 0. The van der Waals surface area contributed by atoms with Crippen molar-refractivity contribution in [1.29, 1.82) is 0 Å². The molecule has 59 heavy (non-hydrogen) atoms. The molecule has 0 fully saturated rings. The van der Waals surface area contributed by atoms with E-state index in [9.17, 15) is 48.5 Å². The van der Waals surface area contributed by atoms with E-state index in [1.54, 1.807) is 47.9 Å². The number of ether oxygens (including phenoxy) is 1. The Balaban J connectivity index is 1.86. The number of hydrogen-bond donors (Lipinski definition) is 3. The van der Waals surface area contributed by atoms with Gasteiger partial charge in [0.25, 0.3) is 16.0 Å². The Kier molecular flexibility index (Phi) is 16.2. The standard InChI is InChI=1S/C39H51N3O14S3/c1-4-41(21-10-26-58(49,50)51)33-17-15-30-28(18-23-56-37(30)36(33)38(45)40-20-24-55-3)11-8-12-34-39(2,19-9-25-57(46,47)48)31-27-29(59(52,53)54)14-16-32(31)42(34)22-7-5-6-13-35(43)44/h8,11-12,14-18,23,27H,4-7,9-10,13,19-22,24-26H2,1-3H3,(H4-,40,43,44,45,46,47,48,49,50,51,52,53,54)/p-1. The van der Waals surface area contributed by atoms with Gasteiger partial charge in [-0.1, -0.05) is 18.6 Å². The lowest BCUT2D eigenvalue weighted by Gasteiger charge is -2.31. The number of carbonyl (C=O) groups excluding carboxylic acids is 1. The lowest BCUT2D eigenvalue weighted by Crippen LogP contribution is -2.39. The smallest absolute Gasteiger partial charge is 0.303 e. The van der Waals surface area contributed by atoms with Crippen LogP contribution in [0.4, 0.5) is 5.69 Å². The highest BCUT2D eigenvalue weighted by Crippen LogP contribution is 2.51. The van der Waals surface area contributed by atoms with Gasteiger partial charge in [-0.2, -0.15) is 8.42 Å². The van der Waals surface area contributed by atoms with Crippen molar-refractivity contribution in [2.24, 2.45) is 0 Å². The lowest BCUT2D eigenvalue weighted by molar-refractivity contribution is -0.137. The summed E-state index contributed by atoms with van der Waals surface area (Å²) in [6.45, 7) is 4.99. The van der Waals surface area contributed by atoms with Crippen molar-refractivity contribution < 1.29 is 62.8 Å². The number of allylic oxidation sites excluding steroid dienone is 3. The highest BCUT2D eigenvalue weighted by atomic mass is 32.2. The molecule has 0 bridgehead atoms. The van der Waals surface area contributed by atoms with E-state index in [2.05, 4.69) is 5.32 Å². The minimum absolute atomic E-state index is 0.0199. The normalized spacial score (nSPS) is 17.2. The fourth-order valence-electron chi connectivity index (χ4n) is 7.32. The number of anilines is 1. The van der Waals surface area contributed by atoms with Crippen molar-refractivity contribution in [3.63, 3.8) is 0 Å². The van der Waals surface area contributed by atoms with Crippen LogP contribution in [0.2, 0.25) is 0 Å². The summed E-state index contributed by atoms with van der Waals surface area (Å²) < 4.78 is 116. The number of carboxylic acid groups (broad SMARTS) is 1. The first kappa shape index (κ1) is 47.2. The highest BCUT2D eigenvalue weighted by molar-refractivity contribution is 7.86. The first-order valence-corrected chi connectivity index (χ1v) is 23.6. The molecule has 2 heterocycles. The largest absolute Gasteiger partial charge is 0.748 e. The van der Waals surface area contributed by atoms with E-state index in [0.29, 0.717) is 65.8 Å². The number of nitrogens with one attached hydrogen (secondary N) is 1. The van der Waals surface area contributed by atoms with Crippen molar-refractivity contribution in [1.82, 2.24) is 9.89 Å². The predicted molar refractivity (Wildman–Crippen MR) is 217 cm³/mol. The van der Waals surface area contributed by atoms with Gasteiger partial charge in [-0.05, 0) is 87.1 Å². The molecule has 1 aromatic carbocycles. The second-order valence-corrected chi connectivity index (χ2v) is 18.8. The highest BCUT2D eigenvalue weighted by Gasteiger charge is 2.43. The van der Waals surface area contributed by atoms with E-state index in [4.69, 9.17) is 14.3 Å². The van der Waals surface area contributed by atoms with Crippen molar-refractivity contribution in [3.8, 4) is 11.3 Å². The number of benzene rings is 2. The SMILES string of the molecule is CC[N+](CCCS(=O)(=O)O)=c1ccc2c(/C=C/C=C3/N(CCCCCC(=O)O)c4ccc(S(=O)(=O)[O-])cc4C3(C)CCCS(=O)(=O)[O-])ccoc-2c1C(=O)NCCOC. The minimum Gasteiger partial charge on any atom is -0.748 e. The number of carboxylic acids is 1. The third-order valence-electron chi connectivity index (χ3n) is 10.1. The van der Waals surface area contributed by atoms with Gasteiger partial charge in [-0.15, -0.1) is 0 Å². The van der Waals surface area contributed by atoms with E-state index in [1.807, 2.05) is 11.8 Å². The number of rotatable bonds is 22. The number of fused-ring (bicyclic) bond motifs is 2. The molecule has 0 spiro atoms. The lowest BCUT2D eigenvalue weighted by atomic mass is 9.77. The predicted octanol–water partition coefficient (Wildman–Crippen LogP) is 3.38. The average Bonchev–Trinajstić information content (AvgIpc) is 3.37. The topological polar surface area (TPSA) is 264 Å². The van der Waals surface area contributed by atoms with Gasteiger partial charge >= 0.3 is 5.97 Å². The minimum atomic E-state index is -4.88. The molecule has 1 aromatic rings. The molecular formula is C39H50N3O14S3-. The van der Waals surface area contributed by atoms with E-state index in [0.717, 1.165) is 0 Å². The molecule has 0 aromatic heterocycles.